The molecule has 70 valence electrons. The van der Waals surface area contributed by atoms with Gasteiger partial charge in [-0.15, -0.1) is 11.3 Å². The van der Waals surface area contributed by atoms with Crippen LogP contribution in [0.1, 0.15) is 27.6 Å². The molecule has 2 N–H and O–H groups in total. The molecule has 4 heteroatoms. The summed E-state index contributed by atoms with van der Waals surface area (Å²) in [6.45, 7) is 2.03. The van der Waals surface area contributed by atoms with Gasteiger partial charge in [-0.05, 0) is 35.9 Å². The van der Waals surface area contributed by atoms with Gasteiger partial charge >= 0.3 is 5.97 Å². The molecule has 1 aromatic rings. The van der Waals surface area contributed by atoms with Crippen molar-refractivity contribution in [2.24, 2.45) is 0 Å². The lowest BCUT2D eigenvalue weighted by Gasteiger charge is -2.03. The number of nitrogens with one attached hydrogen (secondary N) is 1. The lowest BCUT2D eigenvalue weighted by atomic mass is 10.0. The number of carboxylic acids is 1. The van der Waals surface area contributed by atoms with Crippen LogP contribution in [-0.2, 0) is 0 Å². The van der Waals surface area contributed by atoms with Gasteiger partial charge in [0.2, 0.25) is 0 Å². The summed E-state index contributed by atoms with van der Waals surface area (Å²) in [5.41, 5.74) is 1.17. The van der Waals surface area contributed by atoms with E-state index in [0.29, 0.717) is 10.8 Å². The van der Waals surface area contributed by atoms with Crippen LogP contribution in [0.2, 0.25) is 0 Å². The molecule has 13 heavy (non-hydrogen) atoms. The number of thiophene rings is 1. The van der Waals surface area contributed by atoms with Gasteiger partial charge in [-0.2, -0.15) is 0 Å². The summed E-state index contributed by atoms with van der Waals surface area (Å²) in [5, 5.41) is 14.0. The van der Waals surface area contributed by atoms with Gasteiger partial charge in [-0.25, -0.2) is 4.79 Å². The van der Waals surface area contributed by atoms with Crippen LogP contribution in [0, 0.1) is 0 Å². The Kier molecular flexibility index (Phi) is 2.33. The number of carboxylic acid groups (broad SMARTS) is 1. The Morgan fingerprint density at radius 1 is 1.69 bits per heavy atom. The Morgan fingerprint density at radius 3 is 3.08 bits per heavy atom. The standard InChI is InChI=1S/C9H11NO2S/c11-9(12)8-3-7(5-13-8)6-1-2-10-4-6/h3,5-6,10H,1-2,4H2,(H,11,12). The van der Waals surface area contributed by atoms with E-state index in [-0.39, 0.29) is 0 Å². The molecule has 1 saturated heterocycles. The van der Waals surface area contributed by atoms with Crippen molar-refractivity contribution in [2.75, 3.05) is 13.1 Å². The first-order chi connectivity index (χ1) is 6.27. The van der Waals surface area contributed by atoms with E-state index in [1.54, 1.807) is 6.07 Å². The Hall–Kier alpha value is -0.870. The third kappa shape index (κ3) is 1.73. The minimum absolute atomic E-state index is 0.446. The Balaban J connectivity index is 2.16. The van der Waals surface area contributed by atoms with Crippen LogP contribution in [0.3, 0.4) is 0 Å². The maximum Gasteiger partial charge on any atom is 0.345 e. The van der Waals surface area contributed by atoms with Crippen molar-refractivity contribution >= 4 is 17.3 Å². The molecule has 1 aromatic heterocycles. The molecule has 3 nitrogen and oxygen atoms in total. The summed E-state index contributed by atoms with van der Waals surface area (Å²) < 4.78 is 0. The predicted molar refractivity (Wildman–Crippen MR) is 51.5 cm³/mol. The maximum absolute atomic E-state index is 10.6. The summed E-state index contributed by atoms with van der Waals surface area (Å²) >= 11 is 1.32. The molecule has 0 saturated carbocycles. The van der Waals surface area contributed by atoms with Crippen LogP contribution in [0.15, 0.2) is 11.4 Å². The van der Waals surface area contributed by atoms with Crippen molar-refractivity contribution in [1.29, 1.82) is 0 Å². The zero-order valence-electron chi connectivity index (χ0n) is 7.12. The molecule has 0 bridgehead atoms. The number of carbonyl (C=O) groups is 1. The quantitative estimate of drug-likeness (QED) is 0.755. The molecule has 1 aliphatic heterocycles. The SMILES string of the molecule is O=C(O)c1cc(C2CCNC2)cs1. The number of hydrogen-bond donors (Lipinski definition) is 2. The van der Waals surface area contributed by atoms with Gasteiger partial charge in [0.15, 0.2) is 0 Å². The number of aromatic carboxylic acids is 1. The van der Waals surface area contributed by atoms with Crippen molar-refractivity contribution in [2.45, 2.75) is 12.3 Å². The first-order valence-corrected chi connectivity index (χ1v) is 5.18. The molecule has 2 rings (SSSR count). The summed E-state index contributed by atoms with van der Waals surface area (Å²) in [6, 6.07) is 1.80. The fourth-order valence-corrected chi connectivity index (χ4v) is 2.44. The highest BCUT2D eigenvalue weighted by Crippen LogP contribution is 2.26. The largest absolute Gasteiger partial charge is 0.477 e. The second kappa shape index (κ2) is 3.47. The van der Waals surface area contributed by atoms with Crippen molar-refractivity contribution in [1.82, 2.24) is 5.32 Å². The molecular formula is C9H11NO2S. The lowest BCUT2D eigenvalue weighted by Crippen LogP contribution is -2.07. The van der Waals surface area contributed by atoms with Gasteiger partial charge in [-0.1, -0.05) is 0 Å². The van der Waals surface area contributed by atoms with E-state index in [9.17, 15) is 4.79 Å². The molecule has 0 spiro atoms. The fraction of sp³-hybridized carbons (Fsp3) is 0.444. The first kappa shape index (κ1) is 8.72. The Morgan fingerprint density at radius 2 is 2.54 bits per heavy atom. The van der Waals surface area contributed by atoms with Crippen molar-refractivity contribution in [3.63, 3.8) is 0 Å². The smallest absolute Gasteiger partial charge is 0.345 e. The van der Waals surface area contributed by atoms with Gasteiger partial charge in [0, 0.05) is 6.54 Å². The molecule has 1 fully saturated rings. The summed E-state index contributed by atoms with van der Waals surface area (Å²) in [4.78, 5) is 11.1. The second-order valence-corrected chi connectivity index (χ2v) is 4.15. The third-order valence-corrected chi connectivity index (χ3v) is 3.30. The molecule has 2 heterocycles. The second-order valence-electron chi connectivity index (χ2n) is 3.24. The van der Waals surface area contributed by atoms with Gasteiger partial charge in [0.25, 0.3) is 0 Å². The van der Waals surface area contributed by atoms with Crippen LogP contribution in [0.5, 0.6) is 0 Å². The number of rotatable bonds is 2. The molecular weight excluding hydrogens is 186 g/mol. The van der Waals surface area contributed by atoms with Gasteiger partial charge in [0.05, 0.1) is 0 Å². The zero-order valence-corrected chi connectivity index (χ0v) is 7.93. The van der Waals surface area contributed by atoms with E-state index in [4.69, 9.17) is 5.11 Å². The van der Waals surface area contributed by atoms with Crippen LogP contribution in [0.4, 0.5) is 0 Å². The van der Waals surface area contributed by atoms with E-state index >= 15 is 0 Å². The van der Waals surface area contributed by atoms with Gasteiger partial charge < -0.3 is 10.4 Å². The highest BCUT2D eigenvalue weighted by Gasteiger charge is 2.18. The molecule has 1 atom stereocenters. The summed E-state index contributed by atoms with van der Waals surface area (Å²) in [7, 11) is 0. The highest BCUT2D eigenvalue weighted by atomic mass is 32.1. The first-order valence-electron chi connectivity index (χ1n) is 4.30. The van der Waals surface area contributed by atoms with Crippen molar-refractivity contribution in [3.8, 4) is 0 Å². The van der Waals surface area contributed by atoms with Crippen molar-refractivity contribution in [3.05, 3.63) is 21.9 Å². The Labute approximate surface area is 80.4 Å². The molecule has 1 aliphatic rings. The van der Waals surface area contributed by atoms with Crippen LogP contribution >= 0.6 is 11.3 Å². The number of hydrogen-bond acceptors (Lipinski definition) is 3. The molecule has 1 unspecified atom stereocenters. The van der Waals surface area contributed by atoms with E-state index in [0.717, 1.165) is 19.5 Å². The lowest BCUT2D eigenvalue weighted by molar-refractivity contribution is 0.0702. The molecule has 0 aromatic carbocycles. The zero-order chi connectivity index (χ0) is 9.26. The topological polar surface area (TPSA) is 49.3 Å². The monoisotopic (exact) mass is 197 g/mol. The molecule has 0 aliphatic carbocycles. The van der Waals surface area contributed by atoms with E-state index < -0.39 is 5.97 Å². The summed E-state index contributed by atoms with van der Waals surface area (Å²) in [6.07, 6.45) is 1.12. The average molecular weight is 197 g/mol. The van der Waals surface area contributed by atoms with Crippen LogP contribution < -0.4 is 5.32 Å². The predicted octanol–water partition coefficient (Wildman–Crippen LogP) is 1.52. The Bertz CT molecular complexity index is 315. The van der Waals surface area contributed by atoms with Gasteiger partial charge in [-0.3, -0.25) is 0 Å². The van der Waals surface area contributed by atoms with Gasteiger partial charge in [0.1, 0.15) is 4.88 Å². The van der Waals surface area contributed by atoms with E-state index in [2.05, 4.69) is 5.32 Å². The maximum atomic E-state index is 10.6. The minimum atomic E-state index is -0.817. The average Bonchev–Trinajstić information content (AvgIpc) is 2.75. The minimum Gasteiger partial charge on any atom is -0.477 e. The molecule has 0 amide bonds. The fourth-order valence-electron chi connectivity index (χ4n) is 1.62. The molecule has 0 radical (unpaired) electrons. The highest BCUT2D eigenvalue weighted by molar-refractivity contribution is 7.12. The van der Waals surface area contributed by atoms with Crippen LogP contribution in [-0.4, -0.2) is 24.2 Å². The van der Waals surface area contributed by atoms with E-state index in [1.165, 1.54) is 16.9 Å². The normalized spacial score (nSPS) is 22.0. The van der Waals surface area contributed by atoms with Crippen molar-refractivity contribution < 1.29 is 9.90 Å². The summed E-state index contributed by atoms with van der Waals surface area (Å²) in [5.74, 6) is -0.299. The third-order valence-electron chi connectivity index (χ3n) is 2.36. The van der Waals surface area contributed by atoms with Crippen LogP contribution in [0.25, 0.3) is 0 Å². The van der Waals surface area contributed by atoms with E-state index in [1.807, 2.05) is 5.38 Å².